The molecule has 0 saturated carbocycles. The minimum Gasteiger partial charge on any atom is -0.237 e. The molecule has 56 valence electrons. The highest BCUT2D eigenvalue weighted by molar-refractivity contribution is 6.30. The van der Waals surface area contributed by atoms with E-state index in [9.17, 15) is 0 Å². The summed E-state index contributed by atoms with van der Waals surface area (Å²) in [7, 11) is 0. The molecule has 0 fully saturated rings. The largest absolute Gasteiger partial charge is 0.237 e. The molecule has 1 aromatic rings. The lowest BCUT2D eigenvalue weighted by atomic mass is 10.2. The number of terminal acetylenes is 1. The Morgan fingerprint density at radius 3 is 2.45 bits per heavy atom. The summed E-state index contributed by atoms with van der Waals surface area (Å²) in [6, 6.07) is 0. The Morgan fingerprint density at radius 2 is 2.00 bits per heavy atom. The Hall–Kier alpha value is -1.07. The lowest BCUT2D eigenvalue weighted by molar-refractivity contribution is 1.00. The van der Waals surface area contributed by atoms with E-state index in [4.69, 9.17) is 18.0 Å². The molecule has 1 heterocycles. The average molecular weight is 167 g/mol. The van der Waals surface area contributed by atoms with Crippen LogP contribution in [-0.2, 0) is 0 Å². The van der Waals surface area contributed by atoms with Crippen molar-refractivity contribution >= 4 is 11.6 Å². The van der Waals surface area contributed by atoms with Crippen LogP contribution >= 0.6 is 11.6 Å². The SMILES string of the molecule is C#Cc1c(C)nc(C)nc1Cl. The predicted octanol–water partition coefficient (Wildman–Crippen LogP) is 1.73. The summed E-state index contributed by atoms with van der Waals surface area (Å²) in [4.78, 5) is 7.98. The van der Waals surface area contributed by atoms with Crippen molar-refractivity contribution in [2.75, 3.05) is 0 Å². The molecule has 0 saturated heterocycles. The van der Waals surface area contributed by atoms with E-state index in [0.717, 1.165) is 5.69 Å². The molecule has 0 aliphatic rings. The summed E-state index contributed by atoms with van der Waals surface area (Å²) < 4.78 is 0. The molecule has 0 N–H and O–H groups in total. The van der Waals surface area contributed by atoms with E-state index in [1.54, 1.807) is 6.92 Å². The third kappa shape index (κ3) is 1.50. The van der Waals surface area contributed by atoms with E-state index in [-0.39, 0.29) is 0 Å². The zero-order valence-electron chi connectivity index (χ0n) is 6.35. The Labute approximate surface area is 70.6 Å². The first kappa shape index (κ1) is 8.03. The molecular weight excluding hydrogens is 160 g/mol. The molecule has 0 radical (unpaired) electrons. The molecular formula is C8H7ClN2. The topological polar surface area (TPSA) is 25.8 Å². The van der Waals surface area contributed by atoms with E-state index in [1.807, 2.05) is 6.92 Å². The zero-order valence-corrected chi connectivity index (χ0v) is 7.11. The van der Waals surface area contributed by atoms with Crippen molar-refractivity contribution in [3.05, 3.63) is 22.2 Å². The van der Waals surface area contributed by atoms with Crippen molar-refractivity contribution in [3.8, 4) is 12.3 Å². The fourth-order valence-corrected chi connectivity index (χ4v) is 1.15. The van der Waals surface area contributed by atoms with Gasteiger partial charge in [0, 0.05) is 0 Å². The maximum Gasteiger partial charge on any atom is 0.148 e. The van der Waals surface area contributed by atoms with Gasteiger partial charge in [-0.15, -0.1) is 6.42 Å². The third-order valence-electron chi connectivity index (χ3n) is 1.30. The van der Waals surface area contributed by atoms with Gasteiger partial charge in [0.1, 0.15) is 11.0 Å². The summed E-state index contributed by atoms with van der Waals surface area (Å²) in [5.41, 5.74) is 1.34. The number of hydrogen-bond donors (Lipinski definition) is 0. The highest BCUT2D eigenvalue weighted by atomic mass is 35.5. The molecule has 0 spiro atoms. The summed E-state index contributed by atoms with van der Waals surface area (Å²) >= 11 is 5.74. The van der Waals surface area contributed by atoms with Crippen molar-refractivity contribution < 1.29 is 0 Å². The Morgan fingerprint density at radius 1 is 1.36 bits per heavy atom. The minimum atomic E-state index is 0.359. The molecule has 2 nitrogen and oxygen atoms in total. The normalized spacial score (nSPS) is 9.27. The molecule has 0 amide bonds. The first-order valence-corrected chi connectivity index (χ1v) is 3.50. The van der Waals surface area contributed by atoms with Gasteiger partial charge < -0.3 is 0 Å². The van der Waals surface area contributed by atoms with Crippen LogP contribution in [0.15, 0.2) is 0 Å². The quantitative estimate of drug-likeness (QED) is 0.433. The molecule has 0 aliphatic heterocycles. The number of nitrogens with zero attached hydrogens (tertiary/aromatic N) is 2. The van der Waals surface area contributed by atoms with Crippen molar-refractivity contribution in [1.82, 2.24) is 9.97 Å². The second-order valence-corrected chi connectivity index (χ2v) is 2.52. The van der Waals surface area contributed by atoms with Crippen molar-refractivity contribution in [2.24, 2.45) is 0 Å². The average Bonchev–Trinajstić information content (AvgIpc) is 1.85. The molecule has 0 aromatic carbocycles. The van der Waals surface area contributed by atoms with Crippen molar-refractivity contribution in [1.29, 1.82) is 0 Å². The smallest absolute Gasteiger partial charge is 0.148 e. The second kappa shape index (κ2) is 2.89. The van der Waals surface area contributed by atoms with E-state index in [2.05, 4.69) is 15.9 Å². The fourth-order valence-electron chi connectivity index (χ4n) is 0.835. The summed E-state index contributed by atoms with van der Waals surface area (Å²) in [6.45, 7) is 3.59. The molecule has 0 aliphatic carbocycles. The molecule has 11 heavy (non-hydrogen) atoms. The molecule has 0 atom stereocenters. The minimum absolute atomic E-state index is 0.359. The van der Waals surface area contributed by atoms with Crippen LogP contribution in [-0.4, -0.2) is 9.97 Å². The highest BCUT2D eigenvalue weighted by Gasteiger charge is 2.03. The zero-order chi connectivity index (χ0) is 8.43. The van der Waals surface area contributed by atoms with E-state index >= 15 is 0 Å². The van der Waals surface area contributed by atoms with Gasteiger partial charge in [-0.3, -0.25) is 0 Å². The maximum atomic E-state index is 5.74. The third-order valence-corrected chi connectivity index (χ3v) is 1.58. The van der Waals surface area contributed by atoms with Crippen molar-refractivity contribution in [3.63, 3.8) is 0 Å². The number of aryl methyl sites for hydroxylation is 2. The molecule has 1 rings (SSSR count). The molecule has 3 heteroatoms. The lowest BCUT2D eigenvalue weighted by Gasteiger charge is -2.00. The van der Waals surface area contributed by atoms with Gasteiger partial charge in [0.15, 0.2) is 0 Å². The van der Waals surface area contributed by atoms with Gasteiger partial charge in [-0.1, -0.05) is 17.5 Å². The van der Waals surface area contributed by atoms with Crippen molar-refractivity contribution in [2.45, 2.75) is 13.8 Å². The van der Waals surface area contributed by atoms with Gasteiger partial charge in [-0.05, 0) is 13.8 Å². The molecule has 0 bridgehead atoms. The number of halogens is 1. The second-order valence-electron chi connectivity index (χ2n) is 2.17. The van der Waals surface area contributed by atoms with E-state index in [0.29, 0.717) is 16.5 Å². The van der Waals surface area contributed by atoms with Crippen LogP contribution in [0.1, 0.15) is 17.1 Å². The Kier molecular flexibility index (Phi) is 2.11. The summed E-state index contributed by atoms with van der Waals surface area (Å²) in [5, 5.41) is 0.359. The lowest BCUT2D eigenvalue weighted by Crippen LogP contribution is -1.95. The Bertz CT molecular complexity index is 302. The standard InChI is InChI=1S/C8H7ClN2/c1-4-7-5(2)10-6(3)11-8(7)9/h1H,2-3H3. The number of aromatic nitrogens is 2. The van der Waals surface area contributed by atoms with Crippen LogP contribution in [0.3, 0.4) is 0 Å². The molecule has 1 aromatic heterocycles. The van der Waals surface area contributed by atoms with Gasteiger partial charge in [0.2, 0.25) is 0 Å². The van der Waals surface area contributed by atoms with Gasteiger partial charge in [0.05, 0.1) is 11.3 Å². The van der Waals surface area contributed by atoms with Crippen LogP contribution in [0.25, 0.3) is 0 Å². The monoisotopic (exact) mass is 166 g/mol. The van der Waals surface area contributed by atoms with Crippen LogP contribution in [0.4, 0.5) is 0 Å². The van der Waals surface area contributed by atoms with Crippen LogP contribution in [0.5, 0.6) is 0 Å². The summed E-state index contributed by atoms with van der Waals surface area (Å²) in [6.07, 6.45) is 5.19. The predicted molar refractivity (Wildman–Crippen MR) is 44.5 cm³/mol. The van der Waals surface area contributed by atoms with Gasteiger partial charge in [-0.25, -0.2) is 9.97 Å². The fraction of sp³-hybridized carbons (Fsp3) is 0.250. The van der Waals surface area contributed by atoms with Gasteiger partial charge >= 0.3 is 0 Å². The summed E-state index contributed by atoms with van der Waals surface area (Å²) in [5.74, 6) is 3.08. The van der Waals surface area contributed by atoms with Gasteiger partial charge in [-0.2, -0.15) is 0 Å². The van der Waals surface area contributed by atoms with E-state index in [1.165, 1.54) is 0 Å². The highest BCUT2D eigenvalue weighted by Crippen LogP contribution is 2.13. The van der Waals surface area contributed by atoms with Gasteiger partial charge in [0.25, 0.3) is 0 Å². The van der Waals surface area contributed by atoms with Crippen LogP contribution in [0, 0.1) is 26.2 Å². The number of hydrogen-bond acceptors (Lipinski definition) is 2. The first-order valence-electron chi connectivity index (χ1n) is 3.12. The first-order chi connectivity index (χ1) is 5.15. The number of rotatable bonds is 0. The van der Waals surface area contributed by atoms with E-state index < -0.39 is 0 Å². The molecule has 0 unspecified atom stereocenters. The van der Waals surface area contributed by atoms with Crippen LogP contribution in [0.2, 0.25) is 5.15 Å². The Balaban J connectivity index is 3.40. The van der Waals surface area contributed by atoms with Crippen LogP contribution < -0.4 is 0 Å². The maximum absolute atomic E-state index is 5.74.